The molecule has 2 aliphatic carbocycles. The maximum atomic E-state index is 11.7. The van der Waals surface area contributed by atoms with Crippen LogP contribution < -0.4 is 0 Å². The highest BCUT2D eigenvalue weighted by Crippen LogP contribution is 2.42. The highest BCUT2D eigenvalue weighted by atomic mass is 16.1. The van der Waals surface area contributed by atoms with Crippen LogP contribution in [0.15, 0.2) is 0 Å². The van der Waals surface area contributed by atoms with Gasteiger partial charge in [0.05, 0.1) is 0 Å². The molecule has 1 nitrogen and oxygen atoms in total. The van der Waals surface area contributed by atoms with Crippen molar-refractivity contribution in [3.05, 3.63) is 0 Å². The predicted molar refractivity (Wildman–Crippen MR) is 60.1 cm³/mol. The third-order valence-electron chi connectivity index (χ3n) is 3.62. The third-order valence-corrected chi connectivity index (χ3v) is 3.62. The summed E-state index contributed by atoms with van der Waals surface area (Å²) in [6.45, 7) is 8.40. The predicted octanol–water partition coefficient (Wildman–Crippen LogP) is 3.67. The van der Waals surface area contributed by atoms with E-state index in [2.05, 4.69) is 13.8 Å². The Bertz CT molecular complexity index is 193. The van der Waals surface area contributed by atoms with E-state index in [0.717, 1.165) is 11.8 Å². The molecule has 1 heteroatoms. The van der Waals surface area contributed by atoms with E-state index >= 15 is 0 Å². The van der Waals surface area contributed by atoms with Crippen LogP contribution in [0.25, 0.3) is 0 Å². The van der Waals surface area contributed by atoms with E-state index in [9.17, 15) is 4.79 Å². The molecular formula is C13H24O. The first-order valence-corrected chi connectivity index (χ1v) is 6.20. The van der Waals surface area contributed by atoms with Crippen molar-refractivity contribution >= 4 is 5.78 Å². The molecule has 0 N–H and O–H groups in total. The monoisotopic (exact) mass is 196 g/mol. The third kappa shape index (κ3) is 2.37. The van der Waals surface area contributed by atoms with Crippen molar-refractivity contribution in [2.45, 2.75) is 53.4 Å². The van der Waals surface area contributed by atoms with Gasteiger partial charge in [0, 0.05) is 11.8 Å². The molecule has 0 aromatic rings. The fraction of sp³-hybridized carbons (Fsp3) is 0.923. The van der Waals surface area contributed by atoms with Crippen molar-refractivity contribution in [3.8, 4) is 0 Å². The molecule has 0 aromatic carbocycles. The first-order chi connectivity index (χ1) is 6.66. The first-order valence-electron chi connectivity index (χ1n) is 6.20. The van der Waals surface area contributed by atoms with E-state index < -0.39 is 0 Å². The average Bonchev–Trinajstić information content (AvgIpc) is 2.17. The standard InChI is InChI=1S/C11H18O.C2H6/c1-7-3-9-5-8(2)11(12)10(4-7)6-9;1-2/h7-10H,3-6H2,1-2H3;1-2H3. The average molecular weight is 196 g/mol. The van der Waals surface area contributed by atoms with Gasteiger partial charge >= 0.3 is 0 Å². The van der Waals surface area contributed by atoms with E-state index in [1.807, 2.05) is 13.8 Å². The summed E-state index contributed by atoms with van der Waals surface area (Å²) >= 11 is 0. The van der Waals surface area contributed by atoms with Gasteiger partial charge in [-0.25, -0.2) is 0 Å². The van der Waals surface area contributed by atoms with Crippen LogP contribution in [-0.4, -0.2) is 5.78 Å². The van der Waals surface area contributed by atoms with Crippen LogP contribution >= 0.6 is 0 Å². The highest BCUT2D eigenvalue weighted by Gasteiger charge is 2.38. The largest absolute Gasteiger partial charge is 0.299 e. The lowest BCUT2D eigenvalue weighted by Crippen LogP contribution is -2.37. The summed E-state index contributed by atoms with van der Waals surface area (Å²) in [6.07, 6.45) is 4.90. The minimum Gasteiger partial charge on any atom is -0.299 e. The number of hydrogen-bond donors (Lipinski definition) is 0. The molecule has 82 valence electrons. The van der Waals surface area contributed by atoms with E-state index in [-0.39, 0.29) is 0 Å². The summed E-state index contributed by atoms with van der Waals surface area (Å²) in [5.41, 5.74) is 0. The smallest absolute Gasteiger partial charge is 0.138 e. The number of rotatable bonds is 0. The SMILES string of the molecule is CC.CC1CC2CC(C)C(=O)C(C1)C2. The van der Waals surface area contributed by atoms with Gasteiger partial charge in [-0.3, -0.25) is 4.79 Å². The van der Waals surface area contributed by atoms with Crippen LogP contribution in [0.1, 0.15) is 53.4 Å². The number of carbonyl (C=O) groups is 1. The van der Waals surface area contributed by atoms with Crippen LogP contribution in [0.4, 0.5) is 0 Å². The second-order valence-electron chi connectivity index (χ2n) is 4.91. The highest BCUT2D eigenvalue weighted by molar-refractivity contribution is 5.84. The Morgan fingerprint density at radius 3 is 2.29 bits per heavy atom. The lowest BCUT2D eigenvalue weighted by atomic mass is 9.65. The van der Waals surface area contributed by atoms with Gasteiger partial charge in [-0.1, -0.05) is 27.7 Å². The van der Waals surface area contributed by atoms with Gasteiger partial charge in [-0.05, 0) is 37.5 Å². The number of Topliss-reactive ketones (excluding diaryl/α,β-unsaturated/α-hetero) is 1. The molecule has 0 radical (unpaired) electrons. The normalized spacial score (nSPS) is 41.3. The van der Waals surface area contributed by atoms with E-state index in [0.29, 0.717) is 17.6 Å². The summed E-state index contributed by atoms with van der Waals surface area (Å²) < 4.78 is 0. The van der Waals surface area contributed by atoms with Crippen LogP contribution in [0, 0.1) is 23.7 Å². The second kappa shape index (κ2) is 4.95. The molecule has 0 aliphatic heterocycles. The van der Waals surface area contributed by atoms with Gasteiger partial charge in [0.25, 0.3) is 0 Å². The minimum absolute atomic E-state index is 0.362. The molecule has 0 amide bonds. The fourth-order valence-corrected chi connectivity index (χ4v) is 3.19. The Morgan fingerprint density at radius 2 is 1.64 bits per heavy atom. The van der Waals surface area contributed by atoms with Crippen molar-refractivity contribution in [2.75, 3.05) is 0 Å². The summed E-state index contributed by atoms with van der Waals surface area (Å²) in [6, 6.07) is 0. The van der Waals surface area contributed by atoms with Gasteiger partial charge in [-0.2, -0.15) is 0 Å². The van der Waals surface area contributed by atoms with Gasteiger partial charge in [0.1, 0.15) is 5.78 Å². The van der Waals surface area contributed by atoms with Gasteiger partial charge in [-0.15, -0.1) is 0 Å². The number of ketones is 1. The fourth-order valence-electron chi connectivity index (χ4n) is 3.19. The molecule has 2 fully saturated rings. The van der Waals surface area contributed by atoms with Gasteiger partial charge < -0.3 is 0 Å². The lowest BCUT2D eigenvalue weighted by Gasteiger charge is -2.39. The Labute approximate surface area is 88.3 Å². The lowest BCUT2D eigenvalue weighted by molar-refractivity contribution is -0.132. The number of fused-ring (bicyclic) bond motifs is 2. The molecule has 4 unspecified atom stereocenters. The molecule has 0 aromatic heterocycles. The maximum Gasteiger partial charge on any atom is 0.138 e. The molecule has 0 heterocycles. The topological polar surface area (TPSA) is 17.1 Å². The Hall–Kier alpha value is -0.330. The molecule has 2 aliphatic rings. The van der Waals surface area contributed by atoms with Crippen LogP contribution in [0.5, 0.6) is 0 Å². The molecule has 0 saturated heterocycles. The minimum atomic E-state index is 0.362. The zero-order valence-electron chi connectivity index (χ0n) is 10.0. The van der Waals surface area contributed by atoms with E-state index in [1.54, 1.807) is 0 Å². The first kappa shape index (κ1) is 11.7. The Kier molecular flexibility index (Phi) is 4.15. The zero-order chi connectivity index (χ0) is 10.7. The molecular weight excluding hydrogens is 172 g/mol. The van der Waals surface area contributed by atoms with Crippen LogP contribution in [0.3, 0.4) is 0 Å². The number of carbonyl (C=O) groups excluding carboxylic acids is 1. The second-order valence-corrected chi connectivity index (χ2v) is 4.91. The van der Waals surface area contributed by atoms with Crippen molar-refractivity contribution in [1.82, 2.24) is 0 Å². The van der Waals surface area contributed by atoms with Crippen molar-refractivity contribution in [3.63, 3.8) is 0 Å². The molecule has 2 saturated carbocycles. The number of hydrogen-bond acceptors (Lipinski definition) is 1. The maximum absolute atomic E-state index is 11.7. The summed E-state index contributed by atoms with van der Waals surface area (Å²) in [7, 11) is 0. The van der Waals surface area contributed by atoms with Crippen molar-refractivity contribution in [1.29, 1.82) is 0 Å². The van der Waals surface area contributed by atoms with Crippen molar-refractivity contribution < 1.29 is 4.79 Å². The van der Waals surface area contributed by atoms with Crippen LogP contribution in [0.2, 0.25) is 0 Å². The van der Waals surface area contributed by atoms with Crippen molar-refractivity contribution in [2.24, 2.45) is 23.7 Å². The quantitative estimate of drug-likeness (QED) is 0.577. The Morgan fingerprint density at radius 1 is 1.00 bits per heavy atom. The molecule has 2 bridgehead atoms. The molecule has 2 rings (SSSR count). The van der Waals surface area contributed by atoms with Gasteiger partial charge in [0.2, 0.25) is 0 Å². The summed E-state index contributed by atoms with van der Waals surface area (Å²) in [5, 5.41) is 0. The molecule has 0 spiro atoms. The molecule has 14 heavy (non-hydrogen) atoms. The van der Waals surface area contributed by atoms with Gasteiger partial charge in [0.15, 0.2) is 0 Å². The molecule has 4 atom stereocenters. The summed E-state index contributed by atoms with van der Waals surface area (Å²) in [4.78, 5) is 11.7. The Balaban J connectivity index is 0.000000461. The van der Waals surface area contributed by atoms with E-state index in [4.69, 9.17) is 0 Å². The van der Waals surface area contributed by atoms with E-state index in [1.165, 1.54) is 25.7 Å². The summed E-state index contributed by atoms with van der Waals surface area (Å²) in [5.74, 6) is 3.01. The zero-order valence-corrected chi connectivity index (χ0v) is 10.0. The van der Waals surface area contributed by atoms with Crippen LogP contribution in [-0.2, 0) is 4.79 Å².